The molecule has 0 heterocycles. The van der Waals surface area contributed by atoms with Crippen LogP contribution < -0.4 is 11.1 Å². The van der Waals surface area contributed by atoms with Crippen molar-refractivity contribution in [2.45, 2.75) is 0 Å². The number of carbonyl (C=O) groups is 1. The molecular formula is C14H12F2N2O2. The van der Waals surface area contributed by atoms with Crippen LogP contribution in [0.25, 0.3) is 0 Å². The average molecular weight is 278 g/mol. The largest absolute Gasteiger partial charge is 0.465 e. The van der Waals surface area contributed by atoms with Gasteiger partial charge in [0.2, 0.25) is 0 Å². The van der Waals surface area contributed by atoms with Gasteiger partial charge >= 0.3 is 5.97 Å². The SMILES string of the molecule is COC(=O)c1ccc(Nc2cccc(N)c2)c(F)c1F. The Morgan fingerprint density at radius 2 is 1.95 bits per heavy atom. The summed E-state index contributed by atoms with van der Waals surface area (Å²) in [6.07, 6.45) is 0. The molecule has 0 aromatic heterocycles. The molecule has 2 aromatic rings. The summed E-state index contributed by atoms with van der Waals surface area (Å²) < 4.78 is 32.0. The van der Waals surface area contributed by atoms with E-state index in [0.29, 0.717) is 11.4 Å². The second-order valence-corrected chi connectivity index (χ2v) is 4.03. The highest BCUT2D eigenvalue weighted by molar-refractivity contribution is 5.90. The van der Waals surface area contributed by atoms with Crippen molar-refractivity contribution >= 4 is 23.0 Å². The molecule has 0 radical (unpaired) electrons. The first-order valence-corrected chi connectivity index (χ1v) is 5.72. The van der Waals surface area contributed by atoms with E-state index in [9.17, 15) is 13.6 Å². The number of nitrogen functional groups attached to an aromatic ring is 1. The number of benzene rings is 2. The minimum absolute atomic E-state index is 0.0965. The second-order valence-electron chi connectivity index (χ2n) is 4.03. The van der Waals surface area contributed by atoms with Crippen LogP contribution in [0.5, 0.6) is 0 Å². The van der Waals surface area contributed by atoms with Gasteiger partial charge in [-0.2, -0.15) is 0 Å². The van der Waals surface area contributed by atoms with Crippen molar-refractivity contribution in [1.29, 1.82) is 0 Å². The number of rotatable bonds is 3. The van der Waals surface area contributed by atoms with Crippen LogP contribution in [0.1, 0.15) is 10.4 Å². The fraction of sp³-hybridized carbons (Fsp3) is 0.0714. The van der Waals surface area contributed by atoms with Crippen LogP contribution in [-0.2, 0) is 4.74 Å². The van der Waals surface area contributed by atoms with Gasteiger partial charge in [-0.1, -0.05) is 6.07 Å². The number of anilines is 3. The summed E-state index contributed by atoms with van der Waals surface area (Å²) in [4.78, 5) is 11.2. The molecule has 6 heteroatoms. The van der Waals surface area contributed by atoms with Gasteiger partial charge in [0.25, 0.3) is 0 Å². The summed E-state index contributed by atoms with van der Waals surface area (Å²) in [6, 6.07) is 8.98. The van der Waals surface area contributed by atoms with Gasteiger partial charge in [0.05, 0.1) is 18.4 Å². The molecule has 0 saturated carbocycles. The number of hydrogen-bond donors (Lipinski definition) is 2. The van der Waals surface area contributed by atoms with Crippen molar-refractivity contribution in [2.24, 2.45) is 0 Å². The Morgan fingerprint density at radius 3 is 2.60 bits per heavy atom. The third-order valence-corrected chi connectivity index (χ3v) is 2.65. The van der Waals surface area contributed by atoms with Crippen LogP contribution >= 0.6 is 0 Å². The summed E-state index contributed by atoms with van der Waals surface area (Å²) >= 11 is 0. The van der Waals surface area contributed by atoms with Crippen molar-refractivity contribution in [2.75, 3.05) is 18.2 Å². The first-order chi connectivity index (χ1) is 9.52. The van der Waals surface area contributed by atoms with Crippen LogP contribution in [-0.4, -0.2) is 13.1 Å². The van der Waals surface area contributed by atoms with E-state index in [1.165, 1.54) is 6.07 Å². The van der Waals surface area contributed by atoms with Gasteiger partial charge in [-0.15, -0.1) is 0 Å². The summed E-state index contributed by atoms with van der Waals surface area (Å²) in [6.45, 7) is 0. The van der Waals surface area contributed by atoms with E-state index in [4.69, 9.17) is 5.73 Å². The van der Waals surface area contributed by atoms with Crippen molar-refractivity contribution < 1.29 is 18.3 Å². The summed E-state index contributed by atoms with van der Waals surface area (Å²) in [5.74, 6) is -3.35. The van der Waals surface area contributed by atoms with Gasteiger partial charge in [-0.25, -0.2) is 13.6 Å². The van der Waals surface area contributed by atoms with Gasteiger partial charge in [0, 0.05) is 11.4 Å². The molecular weight excluding hydrogens is 266 g/mol. The zero-order valence-electron chi connectivity index (χ0n) is 10.6. The van der Waals surface area contributed by atoms with E-state index in [0.717, 1.165) is 13.2 Å². The number of methoxy groups -OCH3 is 1. The maximum Gasteiger partial charge on any atom is 0.340 e. The Balaban J connectivity index is 2.35. The normalized spacial score (nSPS) is 10.2. The van der Waals surface area contributed by atoms with Crippen LogP contribution in [0.2, 0.25) is 0 Å². The fourth-order valence-electron chi connectivity index (χ4n) is 1.69. The zero-order chi connectivity index (χ0) is 14.7. The number of ether oxygens (including phenoxy) is 1. The molecule has 0 saturated heterocycles. The lowest BCUT2D eigenvalue weighted by Gasteiger charge is -2.10. The average Bonchev–Trinajstić information content (AvgIpc) is 2.43. The van der Waals surface area contributed by atoms with Crippen LogP contribution in [0, 0.1) is 11.6 Å². The lowest BCUT2D eigenvalue weighted by atomic mass is 10.1. The molecule has 0 spiro atoms. The van der Waals surface area contributed by atoms with Gasteiger partial charge in [0.15, 0.2) is 11.6 Å². The predicted octanol–water partition coefficient (Wildman–Crippen LogP) is 3.08. The highest BCUT2D eigenvalue weighted by Crippen LogP contribution is 2.25. The van der Waals surface area contributed by atoms with Crippen LogP contribution in [0.4, 0.5) is 25.8 Å². The molecule has 0 aliphatic carbocycles. The minimum atomic E-state index is -1.26. The summed E-state index contributed by atoms with van der Waals surface area (Å²) in [7, 11) is 1.10. The number of nitrogens with two attached hydrogens (primary N) is 1. The summed E-state index contributed by atoms with van der Waals surface area (Å²) in [5.41, 5.74) is 6.04. The molecule has 0 amide bonds. The van der Waals surface area contributed by atoms with Gasteiger partial charge < -0.3 is 15.8 Å². The molecule has 0 aliphatic rings. The Bertz CT molecular complexity index is 660. The quantitative estimate of drug-likeness (QED) is 0.669. The molecule has 3 N–H and O–H groups in total. The lowest BCUT2D eigenvalue weighted by molar-refractivity contribution is 0.0594. The first kappa shape index (κ1) is 13.8. The third-order valence-electron chi connectivity index (χ3n) is 2.65. The molecule has 2 aromatic carbocycles. The van der Waals surface area contributed by atoms with Crippen molar-refractivity contribution in [3.05, 3.63) is 53.6 Å². The number of hydrogen-bond acceptors (Lipinski definition) is 4. The van der Waals surface area contributed by atoms with Crippen molar-refractivity contribution in [3.63, 3.8) is 0 Å². The van der Waals surface area contributed by atoms with Crippen LogP contribution in [0.3, 0.4) is 0 Å². The molecule has 0 atom stereocenters. The maximum absolute atomic E-state index is 13.9. The van der Waals surface area contributed by atoms with Crippen molar-refractivity contribution in [3.8, 4) is 0 Å². The maximum atomic E-state index is 13.9. The Kier molecular flexibility index (Phi) is 3.84. The van der Waals surface area contributed by atoms with E-state index in [2.05, 4.69) is 10.1 Å². The van der Waals surface area contributed by atoms with Gasteiger partial charge in [-0.05, 0) is 30.3 Å². The Hall–Kier alpha value is -2.63. The number of carbonyl (C=O) groups excluding carboxylic acids is 1. The highest BCUT2D eigenvalue weighted by atomic mass is 19.2. The standard InChI is InChI=1S/C14H12F2N2O2/c1-20-14(19)10-5-6-11(13(16)12(10)15)18-9-4-2-3-8(17)7-9/h2-7,18H,17H2,1H3. The van der Waals surface area contributed by atoms with E-state index in [1.54, 1.807) is 24.3 Å². The van der Waals surface area contributed by atoms with Gasteiger partial charge in [0.1, 0.15) is 0 Å². The van der Waals surface area contributed by atoms with E-state index < -0.39 is 23.2 Å². The Morgan fingerprint density at radius 1 is 1.20 bits per heavy atom. The fourth-order valence-corrected chi connectivity index (χ4v) is 1.69. The number of nitrogens with one attached hydrogen (secondary N) is 1. The molecule has 0 aliphatic heterocycles. The van der Waals surface area contributed by atoms with E-state index in [-0.39, 0.29) is 5.69 Å². The van der Waals surface area contributed by atoms with E-state index >= 15 is 0 Å². The smallest absolute Gasteiger partial charge is 0.340 e. The molecule has 0 bridgehead atoms. The number of halogens is 2. The zero-order valence-corrected chi connectivity index (χ0v) is 10.6. The third kappa shape index (κ3) is 2.69. The molecule has 104 valence electrons. The van der Waals surface area contributed by atoms with E-state index in [1.807, 2.05) is 0 Å². The molecule has 4 nitrogen and oxygen atoms in total. The predicted molar refractivity (Wildman–Crippen MR) is 71.8 cm³/mol. The van der Waals surface area contributed by atoms with Crippen LogP contribution in [0.15, 0.2) is 36.4 Å². The summed E-state index contributed by atoms with van der Waals surface area (Å²) in [5, 5.41) is 2.69. The van der Waals surface area contributed by atoms with Gasteiger partial charge in [-0.3, -0.25) is 0 Å². The monoisotopic (exact) mass is 278 g/mol. The molecule has 2 rings (SSSR count). The number of esters is 1. The second kappa shape index (κ2) is 5.56. The first-order valence-electron chi connectivity index (χ1n) is 5.72. The molecule has 0 fully saturated rings. The minimum Gasteiger partial charge on any atom is -0.465 e. The molecule has 20 heavy (non-hydrogen) atoms. The Labute approximate surface area is 114 Å². The topological polar surface area (TPSA) is 64.3 Å². The molecule has 0 unspecified atom stereocenters. The van der Waals surface area contributed by atoms with Crippen molar-refractivity contribution in [1.82, 2.24) is 0 Å². The highest BCUT2D eigenvalue weighted by Gasteiger charge is 2.19. The lowest BCUT2D eigenvalue weighted by Crippen LogP contribution is -2.07.